The number of aryl methyl sites for hydroxylation is 3. The fraction of sp³-hybridized carbons (Fsp3) is 0.250. The van der Waals surface area contributed by atoms with Crippen LogP contribution < -0.4 is 5.32 Å². The first kappa shape index (κ1) is 13.8. The molecule has 0 aliphatic rings. The summed E-state index contributed by atoms with van der Waals surface area (Å²) < 4.78 is 0. The number of hydrogen-bond acceptors (Lipinski definition) is 3. The molecule has 2 N–H and O–H groups in total. The van der Waals surface area contributed by atoms with Crippen molar-refractivity contribution in [3.8, 4) is 0 Å². The predicted octanol–water partition coefficient (Wildman–Crippen LogP) is 3.48. The van der Waals surface area contributed by atoms with E-state index in [1.165, 1.54) is 5.56 Å². The van der Waals surface area contributed by atoms with Gasteiger partial charge in [0.2, 0.25) is 0 Å². The Kier molecular flexibility index (Phi) is 3.51. The van der Waals surface area contributed by atoms with Crippen molar-refractivity contribution in [3.05, 3.63) is 51.1 Å². The summed E-state index contributed by atoms with van der Waals surface area (Å²) in [6.45, 7) is 6.59. The zero-order valence-corrected chi connectivity index (χ0v) is 13.1. The monoisotopic (exact) mass is 299 g/mol. The van der Waals surface area contributed by atoms with E-state index in [9.17, 15) is 4.79 Å². The summed E-state index contributed by atoms with van der Waals surface area (Å²) in [5.41, 5.74) is 6.87. The van der Waals surface area contributed by atoms with Crippen molar-refractivity contribution in [2.24, 2.45) is 0 Å². The minimum atomic E-state index is -0.0528. The Morgan fingerprint density at radius 2 is 2.14 bits per heavy atom. The van der Waals surface area contributed by atoms with Crippen LogP contribution in [-0.4, -0.2) is 15.9 Å². The van der Waals surface area contributed by atoms with Crippen molar-refractivity contribution < 1.29 is 4.79 Å². The smallest absolute Gasteiger partial charge is 0.251 e. The topological polar surface area (TPSA) is 57.8 Å². The van der Waals surface area contributed by atoms with Gasteiger partial charge in [-0.1, -0.05) is 0 Å². The second kappa shape index (κ2) is 5.33. The normalized spacial score (nSPS) is 11.0. The highest BCUT2D eigenvalue weighted by Crippen LogP contribution is 2.22. The van der Waals surface area contributed by atoms with Gasteiger partial charge in [0.15, 0.2) is 0 Å². The Balaban J connectivity index is 1.81. The number of carbonyl (C=O) groups excluding carboxylic acids is 1. The second-order valence-electron chi connectivity index (χ2n) is 5.18. The van der Waals surface area contributed by atoms with Gasteiger partial charge in [0.1, 0.15) is 0 Å². The van der Waals surface area contributed by atoms with Crippen LogP contribution in [-0.2, 0) is 6.54 Å². The van der Waals surface area contributed by atoms with Crippen molar-refractivity contribution >= 4 is 28.1 Å². The lowest BCUT2D eigenvalue weighted by atomic mass is 10.1. The van der Waals surface area contributed by atoms with Gasteiger partial charge >= 0.3 is 0 Å². The highest BCUT2D eigenvalue weighted by molar-refractivity contribution is 7.09. The summed E-state index contributed by atoms with van der Waals surface area (Å²) in [6, 6.07) is 5.76. The maximum absolute atomic E-state index is 12.3. The molecule has 2 heterocycles. The highest BCUT2D eigenvalue weighted by Gasteiger charge is 2.10. The molecule has 0 aliphatic carbocycles. The van der Waals surface area contributed by atoms with Crippen LogP contribution in [0.3, 0.4) is 0 Å². The standard InChI is InChI=1S/C16H17N3OS/c1-9-10(2)19-14-5-4-12(6-13(9)14)16(20)17-7-15-11(3)18-8-21-15/h4-6,8,19H,7H2,1-3H3,(H,17,20). The Bertz CT molecular complexity index is 816. The number of nitrogens with one attached hydrogen (secondary N) is 2. The quantitative estimate of drug-likeness (QED) is 0.778. The van der Waals surface area contributed by atoms with E-state index < -0.39 is 0 Å². The molecule has 0 fully saturated rings. The third-order valence-corrected chi connectivity index (χ3v) is 4.76. The lowest BCUT2D eigenvalue weighted by Gasteiger charge is -2.05. The summed E-state index contributed by atoms with van der Waals surface area (Å²) in [6.07, 6.45) is 0. The third-order valence-electron chi connectivity index (χ3n) is 3.82. The summed E-state index contributed by atoms with van der Waals surface area (Å²) in [7, 11) is 0. The fourth-order valence-corrected chi connectivity index (χ4v) is 3.08. The molecule has 0 spiro atoms. The minimum Gasteiger partial charge on any atom is -0.358 e. The first-order valence-electron chi connectivity index (χ1n) is 6.82. The van der Waals surface area contributed by atoms with Crippen LogP contribution in [0.5, 0.6) is 0 Å². The van der Waals surface area contributed by atoms with Crippen molar-refractivity contribution in [2.75, 3.05) is 0 Å². The van der Waals surface area contributed by atoms with Crippen molar-refractivity contribution in [1.82, 2.24) is 15.3 Å². The summed E-state index contributed by atoms with van der Waals surface area (Å²) in [5.74, 6) is -0.0528. The molecular weight excluding hydrogens is 282 g/mol. The van der Waals surface area contributed by atoms with Crippen molar-refractivity contribution in [3.63, 3.8) is 0 Å². The van der Waals surface area contributed by atoms with Gasteiger partial charge in [0.25, 0.3) is 5.91 Å². The van der Waals surface area contributed by atoms with E-state index in [4.69, 9.17) is 0 Å². The van der Waals surface area contributed by atoms with E-state index in [1.54, 1.807) is 16.8 Å². The molecule has 0 unspecified atom stereocenters. The molecule has 3 aromatic rings. The van der Waals surface area contributed by atoms with Crippen molar-refractivity contribution in [2.45, 2.75) is 27.3 Å². The van der Waals surface area contributed by atoms with Crippen LogP contribution in [0.25, 0.3) is 10.9 Å². The Labute approximate surface area is 127 Å². The molecule has 1 amide bonds. The molecule has 0 atom stereocenters. The number of benzene rings is 1. The number of amides is 1. The van der Waals surface area contributed by atoms with Crippen LogP contribution >= 0.6 is 11.3 Å². The van der Waals surface area contributed by atoms with Gasteiger partial charge in [-0.2, -0.15) is 0 Å². The number of fused-ring (bicyclic) bond motifs is 1. The fourth-order valence-electron chi connectivity index (χ4n) is 2.36. The van der Waals surface area contributed by atoms with Gasteiger partial charge in [-0.25, -0.2) is 4.98 Å². The minimum absolute atomic E-state index is 0.0528. The largest absolute Gasteiger partial charge is 0.358 e. The van der Waals surface area contributed by atoms with Gasteiger partial charge in [-0.3, -0.25) is 4.79 Å². The Morgan fingerprint density at radius 1 is 1.33 bits per heavy atom. The number of rotatable bonds is 3. The zero-order valence-electron chi connectivity index (χ0n) is 12.3. The molecule has 0 radical (unpaired) electrons. The molecular formula is C16H17N3OS. The molecule has 3 rings (SSSR count). The highest BCUT2D eigenvalue weighted by atomic mass is 32.1. The third kappa shape index (κ3) is 2.56. The van der Waals surface area contributed by atoms with E-state index >= 15 is 0 Å². The van der Waals surface area contributed by atoms with Gasteiger partial charge in [-0.05, 0) is 44.5 Å². The van der Waals surface area contributed by atoms with Crippen LogP contribution in [0.4, 0.5) is 0 Å². The Morgan fingerprint density at radius 3 is 2.86 bits per heavy atom. The first-order valence-corrected chi connectivity index (χ1v) is 7.70. The molecule has 1 aromatic carbocycles. The van der Waals surface area contributed by atoms with Crippen molar-refractivity contribution in [1.29, 1.82) is 0 Å². The van der Waals surface area contributed by atoms with Crippen LogP contribution in [0.2, 0.25) is 0 Å². The lowest BCUT2D eigenvalue weighted by Crippen LogP contribution is -2.22. The van der Waals surface area contributed by atoms with Gasteiger partial charge in [-0.15, -0.1) is 11.3 Å². The number of nitrogens with zero attached hydrogens (tertiary/aromatic N) is 1. The number of hydrogen-bond donors (Lipinski definition) is 2. The number of thiazole rings is 1. The maximum Gasteiger partial charge on any atom is 0.251 e. The van der Waals surface area contributed by atoms with Gasteiger partial charge in [0, 0.05) is 27.0 Å². The van der Waals surface area contributed by atoms with Crippen LogP contribution in [0, 0.1) is 20.8 Å². The molecule has 108 valence electrons. The number of H-pyrrole nitrogens is 1. The molecule has 0 saturated heterocycles. The van der Waals surface area contributed by atoms with Gasteiger partial charge < -0.3 is 10.3 Å². The molecule has 2 aromatic heterocycles. The SMILES string of the molecule is Cc1ncsc1CNC(=O)c1ccc2[nH]c(C)c(C)c2c1. The average Bonchev–Trinajstić information content (AvgIpc) is 3.01. The maximum atomic E-state index is 12.3. The van der Waals surface area contributed by atoms with E-state index in [2.05, 4.69) is 22.2 Å². The second-order valence-corrected chi connectivity index (χ2v) is 6.12. The number of carbonyl (C=O) groups is 1. The van der Waals surface area contributed by atoms with Crippen LogP contribution in [0.1, 0.15) is 32.2 Å². The van der Waals surface area contributed by atoms with E-state index in [0.29, 0.717) is 12.1 Å². The summed E-state index contributed by atoms with van der Waals surface area (Å²) in [5, 5.41) is 4.06. The van der Waals surface area contributed by atoms with Crippen LogP contribution in [0.15, 0.2) is 23.7 Å². The Hall–Kier alpha value is -2.14. The van der Waals surface area contributed by atoms with E-state index in [1.807, 2.05) is 32.0 Å². The molecule has 0 bridgehead atoms. The molecule has 5 heteroatoms. The summed E-state index contributed by atoms with van der Waals surface area (Å²) in [4.78, 5) is 20.9. The zero-order chi connectivity index (χ0) is 15.0. The molecule has 21 heavy (non-hydrogen) atoms. The summed E-state index contributed by atoms with van der Waals surface area (Å²) >= 11 is 1.56. The van der Waals surface area contributed by atoms with E-state index in [-0.39, 0.29) is 5.91 Å². The molecule has 0 aliphatic heterocycles. The van der Waals surface area contributed by atoms with Gasteiger partial charge in [0.05, 0.1) is 17.7 Å². The molecule has 4 nitrogen and oxygen atoms in total. The first-order chi connectivity index (χ1) is 10.1. The number of aromatic nitrogens is 2. The van der Waals surface area contributed by atoms with E-state index in [0.717, 1.165) is 27.2 Å². The molecule has 0 saturated carbocycles. The average molecular weight is 299 g/mol. The lowest BCUT2D eigenvalue weighted by molar-refractivity contribution is 0.0951. The number of aromatic amines is 1. The predicted molar refractivity (Wildman–Crippen MR) is 85.8 cm³/mol.